The number of carbonyl (C=O) groups is 1. The minimum atomic E-state index is -3.37. The Hall–Kier alpha value is -0.660. The predicted octanol–water partition coefficient (Wildman–Crippen LogP) is 1.69. The molecule has 1 amide bonds. The van der Waals surface area contributed by atoms with Gasteiger partial charge in [-0.3, -0.25) is 4.79 Å². The topological polar surface area (TPSA) is 60.9 Å². The lowest BCUT2D eigenvalue weighted by atomic mass is 10.0. The molecule has 0 N–H and O–H groups in total. The second-order valence-corrected chi connectivity index (χ2v) is 8.49. The normalized spacial score (nSPS) is 21.3. The predicted molar refractivity (Wildman–Crippen MR) is 91.2 cm³/mol. The van der Waals surface area contributed by atoms with Gasteiger partial charge in [0.25, 0.3) is 10.2 Å². The highest BCUT2D eigenvalue weighted by molar-refractivity contribution is 7.86. The van der Waals surface area contributed by atoms with Crippen LogP contribution in [-0.2, 0) is 15.0 Å². The molecule has 1 aliphatic carbocycles. The van der Waals surface area contributed by atoms with Crippen LogP contribution in [0.25, 0.3) is 0 Å². The number of amides is 1. The SMILES string of the molecule is CCN(CC)S(=O)(=O)N1CCN(C(=O)CCC2CCCC2)CC1. The molecule has 1 saturated carbocycles. The van der Waals surface area contributed by atoms with Crippen molar-refractivity contribution < 1.29 is 13.2 Å². The fraction of sp³-hybridized carbons (Fsp3) is 0.938. The first kappa shape index (κ1) is 18.7. The van der Waals surface area contributed by atoms with Crippen molar-refractivity contribution in [3.8, 4) is 0 Å². The smallest absolute Gasteiger partial charge is 0.282 e. The summed E-state index contributed by atoms with van der Waals surface area (Å²) in [6, 6.07) is 0. The Kier molecular flexibility index (Phi) is 6.85. The second kappa shape index (κ2) is 8.44. The van der Waals surface area contributed by atoms with Crippen molar-refractivity contribution in [3.63, 3.8) is 0 Å². The second-order valence-electron chi connectivity index (χ2n) is 6.56. The highest BCUT2D eigenvalue weighted by atomic mass is 32.2. The van der Waals surface area contributed by atoms with Gasteiger partial charge in [-0.05, 0) is 12.3 Å². The van der Waals surface area contributed by atoms with Crippen molar-refractivity contribution in [1.29, 1.82) is 0 Å². The van der Waals surface area contributed by atoms with Crippen LogP contribution in [0, 0.1) is 5.92 Å². The molecule has 2 rings (SSSR count). The highest BCUT2D eigenvalue weighted by Gasteiger charge is 2.32. The van der Waals surface area contributed by atoms with Gasteiger partial charge >= 0.3 is 0 Å². The van der Waals surface area contributed by atoms with Crippen LogP contribution in [0.3, 0.4) is 0 Å². The molecule has 0 unspecified atom stereocenters. The van der Waals surface area contributed by atoms with Crippen LogP contribution in [0.4, 0.5) is 0 Å². The minimum Gasteiger partial charge on any atom is -0.340 e. The average molecular weight is 346 g/mol. The van der Waals surface area contributed by atoms with Crippen molar-refractivity contribution in [2.45, 2.75) is 52.4 Å². The van der Waals surface area contributed by atoms with E-state index in [4.69, 9.17) is 0 Å². The van der Waals surface area contributed by atoms with Gasteiger partial charge < -0.3 is 4.90 Å². The number of carbonyl (C=O) groups excluding carboxylic acids is 1. The van der Waals surface area contributed by atoms with Crippen molar-refractivity contribution in [1.82, 2.24) is 13.5 Å². The van der Waals surface area contributed by atoms with E-state index in [0.717, 1.165) is 12.3 Å². The Morgan fingerprint density at radius 3 is 2.13 bits per heavy atom. The van der Waals surface area contributed by atoms with Gasteiger partial charge in [-0.1, -0.05) is 39.5 Å². The Balaban J connectivity index is 1.79. The van der Waals surface area contributed by atoms with E-state index in [1.54, 1.807) is 0 Å². The molecular formula is C16H31N3O3S. The van der Waals surface area contributed by atoms with Gasteiger partial charge in [0.1, 0.15) is 0 Å². The van der Waals surface area contributed by atoms with Crippen LogP contribution in [0.2, 0.25) is 0 Å². The third-order valence-electron chi connectivity index (χ3n) is 5.19. The van der Waals surface area contributed by atoms with E-state index in [2.05, 4.69) is 0 Å². The van der Waals surface area contributed by atoms with Crippen LogP contribution in [0.1, 0.15) is 52.4 Å². The number of rotatable bonds is 7. The largest absolute Gasteiger partial charge is 0.340 e. The molecule has 0 aromatic heterocycles. The molecule has 134 valence electrons. The van der Waals surface area contributed by atoms with Crippen molar-refractivity contribution in [3.05, 3.63) is 0 Å². The zero-order chi connectivity index (χ0) is 16.9. The molecule has 0 radical (unpaired) electrons. The molecule has 6 nitrogen and oxygen atoms in total. The summed E-state index contributed by atoms with van der Waals surface area (Å²) >= 11 is 0. The zero-order valence-corrected chi connectivity index (χ0v) is 15.4. The lowest BCUT2D eigenvalue weighted by Gasteiger charge is -2.36. The fourth-order valence-electron chi connectivity index (χ4n) is 3.67. The summed E-state index contributed by atoms with van der Waals surface area (Å²) in [6.07, 6.45) is 6.76. The van der Waals surface area contributed by atoms with Crippen LogP contribution < -0.4 is 0 Å². The molecule has 0 aromatic carbocycles. The van der Waals surface area contributed by atoms with Crippen molar-refractivity contribution >= 4 is 16.1 Å². The van der Waals surface area contributed by atoms with E-state index in [9.17, 15) is 13.2 Å². The molecule has 0 atom stereocenters. The van der Waals surface area contributed by atoms with Gasteiger partial charge in [-0.25, -0.2) is 0 Å². The molecule has 0 bridgehead atoms. The molecule has 1 saturated heterocycles. The lowest BCUT2D eigenvalue weighted by Crippen LogP contribution is -2.54. The number of hydrogen-bond donors (Lipinski definition) is 0. The molecule has 23 heavy (non-hydrogen) atoms. The summed E-state index contributed by atoms with van der Waals surface area (Å²) in [4.78, 5) is 14.1. The van der Waals surface area contributed by atoms with E-state index < -0.39 is 10.2 Å². The summed E-state index contributed by atoms with van der Waals surface area (Å²) < 4.78 is 27.9. The lowest BCUT2D eigenvalue weighted by molar-refractivity contribution is -0.132. The van der Waals surface area contributed by atoms with Crippen LogP contribution in [-0.4, -0.2) is 67.1 Å². The molecule has 1 heterocycles. The monoisotopic (exact) mass is 345 g/mol. The van der Waals surface area contributed by atoms with E-state index >= 15 is 0 Å². The summed E-state index contributed by atoms with van der Waals surface area (Å²) in [5.74, 6) is 0.917. The summed E-state index contributed by atoms with van der Waals surface area (Å²) in [5.41, 5.74) is 0. The summed E-state index contributed by atoms with van der Waals surface area (Å²) in [6.45, 7) is 6.53. The Bertz CT molecular complexity index is 477. The maximum atomic E-state index is 12.5. The van der Waals surface area contributed by atoms with Crippen molar-refractivity contribution in [2.24, 2.45) is 5.92 Å². The number of nitrogens with zero attached hydrogens (tertiary/aromatic N) is 3. The van der Waals surface area contributed by atoms with Gasteiger partial charge in [-0.15, -0.1) is 0 Å². The first-order chi connectivity index (χ1) is 11.0. The van der Waals surface area contributed by atoms with E-state index in [0.29, 0.717) is 45.7 Å². The number of piperazine rings is 1. The molecule has 2 fully saturated rings. The maximum absolute atomic E-state index is 12.5. The van der Waals surface area contributed by atoms with E-state index in [1.165, 1.54) is 34.3 Å². The molecule has 2 aliphatic rings. The maximum Gasteiger partial charge on any atom is 0.282 e. The first-order valence-corrected chi connectivity index (χ1v) is 10.4. The van der Waals surface area contributed by atoms with Crippen LogP contribution >= 0.6 is 0 Å². The third-order valence-corrected chi connectivity index (χ3v) is 7.38. The van der Waals surface area contributed by atoms with Gasteiger partial charge in [-0.2, -0.15) is 17.0 Å². The molecule has 0 spiro atoms. The Morgan fingerprint density at radius 1 is 1.04 bits per heavy atom. The molecule has 1 aliphatic heterocycles. The quantitative estimate of drug-likeness (QED) is 0.705. The first-order valence-electron chi connectivity index (χ1n) is 9.02. The van der Waals surface area contributed by atoms with Gasteiger partial charge in [0, 0.05) is 45.7 Å². The average Bonchev–Trinajstić information content (AvgIpc) is 3.07. The fourth-order valence-corrected chi connectivity index (χ4v) is 5.27. The Labute approximate surface area is 141 Å². The van der Waals surface area contributed by atoms with Gasteiger partial charge in [0.15, 0.2) is 0 Å². The molecule has 7 heteroatoms. The molecular weight excluding hydrogens is 314 g/mol. The highest BCUT2D eigenvalue weighted by Crippen LogP contribution is 2.28. The Morgan fingerprint density at radius 2 is 1.61 bits per heavy atom. The van der Waals surface area contributed by atoms with Crippen LogP contribution in [0.5, 0.6) is 0 Å². The minimum absolute atomic E-state index is 0.191. The van der Waals surface area contributed by atoms with Crippen molar-refractivity contribution in [2.75, 3.05) is 39.3 Å². The van der Waals surface area contributed by atoms with Gasteiger partial charge in [0.2, 0.25) is 5.91 Å². The van der Waals surface area contributed by atoms with Crippen LogP contribution in [0.15, 0.2) is 0 Å². The van der Waals surface area contributed by atoms with E-state index in [-0.39, 0.29) is 5.91 Å². The van der Waals surface area contributed by atoms with E-state index in [1.807, 2.05) is 18.7 Å². The summed E-state index contributed by atoms with van der Waals surface area (Å²) in [5, 5.41) is 0. The standard InChI is InChI=1S/C16H31N3O3S/c1-3-18(4-2)23(21,22)19-13-11-17(12-14-19)16(20)10-9-15-7-5-6-8-15/h15H,3-14H2,1-2H3. The zero-order valence-electron chi connectivity index (χ0n) is 14.5. The molecule has 0 aromatic rings. The third kappa shape index (κ3) is 4.67. The summed E-state index contributed by atoms with van der Waals surface area (Å²) in [7, 11) is -3.37. The van der Waals surface area contributed by atoms with Gasteiger partial charge in [0.05, 0.1) is 0 Å². The number of hydrogen-bond acceptors (Lipinski definition) is 3.